The van der Waals surface area contributed by atoms with E-state index in [9.17, 15) is 4.79 Å². The molecule has 1 heterocycles. The van der Waals surface area contributed by atoms with Crippen LogP contribution in [0.5, 0.6) is 0 Å². The Kier molecular flexibility index (Phi) is 5.26. The summed E-state index contributed by atoms with van der Waals surface area (Å²) < 4.78 is 0. The number of carbonyl (C=O) groups excluding carboxylic acids is 1. The number of nitrogens with one attached hydrogen (secondary N) is 1. The number of halogens is 1. The average Bonchev–Trinajstić information content (AvgIpc) is 3.07. The van der Waals surface area contributed by atoms with E-state index >= 15 is 0 Å². The molecule has 0 unspecified atom stereocenters. The van der Waals surface area contributed by atoms with Crippen LogP contribution in [0, 0.1) is 13.8 Å². The molecule has 4 nitrogen and oxygen atoms in total. The van der Waals surface area contributed by atoms with Gasteiger partial charge in [0.15, 0.2) is 5.01 Å². The van der Waals surface area contributed by atoms with Gasteiger partial charge in [0.2, 0.25) is 5.01 Å². The fourth-order valence-corrected chi connectivity index (χ4v) is 3.13. The number of carbonyl (C=O) groups is 1. The molecule has 0 saturated carbocycles. The van der Waals surface area contributed by atoms with E-state index in [0.717, 1.165) is 28.0 Å². The molecule has 0 aliphatic rings. The first-order valence-electron chi connectivity index (χ1n) is 7.67. The third kappa shape index (κ3) is 4.53. The zero-order valence-electron chi connectivity index (χ0n) is 13.8. The summed E-state index contributed by atoms with van der Waals surface area (Å²) in [6, 6.07) is 15.5. The Balaban J connectivity index is 1.75. The number of aromatic nitrogens is 2. The lowest BCUT2D eigenvalue weighted by Gasteiger charge is -2.02. The summed E-state index contributed by atoms with van der Waals surface area (Å²) in [5.74, 6) is -0.298. The summed E-state index contributed by atoms with van der Waals surface area (Å²) in [5, 5.41) is 12.0. The summed E-state index contributed by atoms with van der Waals surface area (Å²) >= 11 is 7.49. The predicted octanol–water partition coefficient (Wildman–Crippen LogP) is 5.14. The molecule has 0 radical (unpaired) electrons. The van der Waals surface area contributed by atoms with E-state index in [-0.39, 0.29) is 10.9 Å². The minimum absolute atomic E-state index is 0.270. The molecule has 2 aromatic carbocycles. The molecule has 1 N–H and O–H groups in total. The third-order valence-corrected chi connectivity index (χ3v) is 4.82. The SMILES string of the molecule is Cc1ccc(NC(=O)c2nnc(/C(Cl)=C/c3cccc(C)c3)s2)cc1. The quantitative estimate of drug-likeness (QED) is 0.692. The van der Waals surface area contributed by atoms with E-state index in [2.05, 4.69) is 15.5 Å². The first-order chi connectivity index (χ1) is 12.0. The molecule has 25 heavy (non-hydrogen) atoms. The normalized spacial score (nSPS) is 11.4. The number of aryl methyl sites for hydroxylation is 2. The molecule has 1 aromatic heterocycles. The summed E-state index contributed by atoms with van der Waals surface area (Å²) in [6.45, 7) is 4.01. The Morgan fingerprint density at radius 1 is 1.04 bits per heavy atom. The van der Waals surface area contributed by atoms with Gasteiger partial charge in [0.1, 0.15) is 0 Å². The minimum atomic E-state index is -0.298. The Labute approximate surface area is 155 Å². The molecule has 0 bridgehead atoms. The molecule has 0 atom stereocenters. The zero-order valence-corrected chi connectivity index (χ0v) is 15.4. The fraction of sp³-hybridized carbons (Fsp3) is 0.105. The molecule has 0 saturated heterocycles. The highest BCUT2D eigenvalue weighted by atomic mass is 35.5. The molecule has 0 fully saturated rings. The second-order valence-corrected chi connectivity index (χ2v) is 7.02. The van der Waals surface area contributed by atoms with Crippen molar-refractivity contribution in [3.63, 3.8) is 0 Å². The van der Waals surface area contributed by atoms with Gasteiger partial charge in [-0.15, -0.1) is 10.2 Å². The highest BCUT2D eigenvalue weighted by Crippen LogP contribution is 2.26. The highest BCUT2D eigenvalue weighted by Gasteiger charge is 2.14. The van der Waals surface area contributed by atoms with Crippen LogP contribution in [0.15, 0.2) is 48.5 Å². The standard InChI is InChI=1S/C19H16ClN3OS/c1-12-6-8-15(9-7-12)21-17(24)19-23-22-18(25-19)16(20)11-14-5-3-4-13(2)10-14/h3-11H,1-2H3,(H,21,24)/b16-11-. The summed E-state index contributed by atoms with van der Waals surface area (Å²) in [4.78, 5) is 12.3. The monoisotopic (exact) mass is 369 g/mol. The van der Waals surface area contributed by atoms with Crippen molar-refractivity contribution in [2.24, 2.45) is 0 Å². The van der Waals surface area contributed by atoms with Crippen LogP contribution < -0.4 is 5.32 Å². The Bertz CT molecular complexity index is 932. The van der Waals surface area contributed by atoms with Gasteiger partial charge in [0.05, 0.1) is 5.03 Å². The predicted molar refractivity (Wildman–Crippen MR) is 104 cm³/mol. The molecular weight excluding hydrogens is 354 g/mol. The number of rotatable bonds is 4. The van der Waals surface area contributed by atoms with Gasteiger partial charge >= 0.3 is 0 Å². The molecular formula is C19H16ClN3OS. The van der Waals surface area contributed by atoms with Gasteiger partial charge in [-0.2, -0.15) is 0 Å². The second kappa shape index (κ2) is 7.59. The number of hydrogen-bond donors (Lipinski definition) is 1. The van der Waals surface area contributed by atoms with Crippen molar-refractivity contribution in [3.8, 4) is 0 Å². The molecule has 3 rings (SSSR count). The van der Waals surface area contributed by atoms with E-state index in [0.29, 0.717) is 15.7 Å². The van der Waals surface area contributed by atoms with Crippen molar-refractivity contribution in [1.29, 1.82) is 0 Å². The van der Waals surface area contributed by atoms with Gasteiger partial charge in [0, 0.05) is 5.69 Å². The zero-order chi connectivity index (χ0) is 17.8. The van der Waals surface area contributed by atoms with E-state index in [1.54, 1.807) is 0 Å². The van der Waals surface area contributed by atoms with Gasteiger partial charge in [-0.3, -0.25) is 4.79 Å². The maximum absolute atomic E-state index is 12.3. The molecule has 126 valence electrons. The molecule has 1 amide bonds. The van der Waals surface area contributed by atoms with Crippen LogP contribution in [0.3, 0.4) is 0 Å². The number of anilines is 1. The number of hydrogen-bond acceptors (Lipinski definition) is 4. The molecule has 0 aliphatic carbocycles. The Morgan fingerprint density at radius 3 is 2.48 bits per heavy atom. The fourth-order valence-electron chi connectivity index (χ4n) is 2.20. The Morgan fingerprint density at radius 2 is 1.76 bits per heavy atom. The maximum Gasteiger partial charge on any atom is 0.286 e. The van der Waals surface area contributed by atoms with Crippen molar-refractivity contribution >= 4 is 45.6 Å². The molecule has 0 aliphatic heterocycles. The van der Waals surface area contributed by atoms with Crippen LogP contribution in [0.2, 0.25) is 0 Å². The van der Waals surface area contributed by atoms with Crippen molar-refractivity contribution in [1.82, 2.24) is 10.2 Å². The van der Waals surface area contributed by atoms with E-state index < -0.39 is 0 Å². The molecule has 6 heteroatoms. The maximum atomic E-state index is 12.3. The van der Waals surface area contributed by atoms with E-state index in [4.69, 9.17) is 11.6 Å². The lowest BCUT2D eigenvalue weighted by molar-refractivity contribution is 0.102. The van der Waals surface area contributed by atoms with Crippen LogP contribution in [-0.2, 0) is 0 Å². The number of benzene rings is 2. The highest BCUT2D eigenvalue weighted by molar-refractivity contribution is 7.15. The van der Waals surface area contributed by atoms with Gasteiger partial charge in [-0.25, -0.2) is 0 Å². The first kappa shape index (κ1) is 17.3. The van der Waals surface area contributed by atoms with Crippen molar-refractivity contribution in [2.45, 2.75) is 13.8 Å². The largest absolute Gasteiger partial charge is 0.320 e. The van der Waals surface area contributed by atoms with Crippen molar-refractivity contribution < 1.29 is 4.79 Å². The topological polar surface area (TPSA) is 54.9 Å². The third-order valence-electron chi connectivity index (χ3n) is 3.47. The summed E-state index contributed by atoms with van der Waals surface area (Å²) in [6.07, 6.45) is 1.82. The van der Waals surface area contributed by atoms with E-state index in [1.807, 2.05) is 68.5 Å². The van der Waals surface area contributed by atoms with Gasteiger partial charge in [0.25, 0.3) is 5.91 Å². The van der Waals surface area contributed by atoms with Crippen LogP contribution in [0.4, 0.5) is 5.69 Å². The van der Waals surface area contributed by atoms with E-state index in [1.165, 1.54) is 0 Å². The second-order valence-electron chi connectivity index (χ2n) is 5.64. The van der Waals surface area contributed by atoms with Crippen LogP contribution in [0.1, 0.15) is 31.5 Å². The van der Waals surface area contributed by atoms with Crippen molar-refractivity contribution in [3.05, 3.63) is 75.2 Å². The van der Waals surface area contributed by atoms with Crippen LogP contribution in [-0.4, -0.2) is 16.1 Å². The van der Waals surface area contributed by atoms with Crippen LogP contribution in [0.25, 0.3) is 11.1 Å². The number of nitrogens with zero attached hydrogens (tertiary/aromatic N) is 2. The van der Waals surface area contributed by atoms with Gasteiger partial charge < -0.3 is 5.32 Å². The Hall–Kier alpha value is -2.50. The lowest BCUT2D eigenvalue weighted by atomic mass is 10.1. The van der Waals surface area contributed by atoms with Crippen LogP contribution >= 0.6 is 22.9 Å². The average molecular weight is 370 g/mol. The molecule has 0 spiro atoms. The van der Waals surface area contributed by atoms with Gasteiger partial charge in [-0.1, -0.05) is 70.5 Å². The molecule has 3 aromatic rings. The first-order valence-corrected chi connectivity index (χ1v) is 8.86. The van der Waals surface area contributed by atoms with Gasteiger partial charge in [-0.05, 0) is 37.6 Å². The van der Waals surface area contributed by atoms with Crippen molar-refractivity contribution in [2.75, 3.05) is 5.32 Å². The summed E-state index contributed by atoms with van der Waals surface area (Å²) in [7, 11) is 0. The number of amides is 1. The lowest BCUT2D eigenvalue weighted by Crippen LogP contribution is -2.11. The minimum Gasteiger partial charge on any atom is -0.320 e. The summed E-state index contributed by atoms with van der Waals surface area (Å²) in [5.41, 5.74) is 3.97. The smallest absolute Gasteiger partial charge is 0.286 e.